The zero-order valence-corrected chi connectivity index (χ0v) is 31.5. The van der Waals surface area contributed by atoms with Gasteiger partial charge in [-0.2, -0.15) is 13.2 Å². The number of carbonyl (C=O) groups excluding carboxylic acids is 5. The number of benzene rings is 1. The van der Waals surface area contributed by atoms with Crippen molar-refractivity contribution in [3.8, 4) is 0 Å². The lowest BCUT2D eigenvalue weighted by atomic mass is 9.88. The number of hydrogen-bond donors (Lipinski definition) is 3. The molecule has 2 aliphatic heterocycles. The lowest BCUT2D eigenvalue weighted by Crippen LogP contribution is -2.60. The van der Waals surface area contributed by atoms with Crippen LogP contribution in [0.5, 0.6) is 0 Å². The van der Waals surface area contributed by atoms with Crippen molar-refractivity contribution in [3.63, 3.8) is 0 Å². The van der Waals surface area contributed by atoms with Crippen molar-refractivity contribution in [2.75, 3.05) is 13.2 Å². The van der Waals surface area contributed by atoms with Gasteiger partial charge in [0, 0.05) is 12.3 Å². The van der Waals surface area contributed by atoms with Crippen molar-refractivity contribution in [3.05, 3.63) is 47.8 Å². The second-order valence-corrected chi connectivity index (χ2v) is 17.7. The van der Waals surface area contributed by atoms with Crippen molar-refractivity contribution < 1.29 is 63.8 Å². The van der Waals surface area contributed by atoms with E-state index in [2.05, 4.69) is 10.6 Å². The van der Waals surface area contributed by atoms with Gasteiger partial charge in [-0.3, -0.25) is 19.1 Å². The predicted molar refractivity (Wildman–Crippen MR) is 185 cm³/mol. The van der Waals surface area contributed by atoms with E-state index in [0.29, 0.717) is 26.7 Å². The molecular weight excluding hydrogens is 759 g/mol. The molecule has 0 unspecified atom stereocenters. The number of amides is 4. The van der Waals surface area contributed by atoms with Crippen molar-refractivity contribution in [2.45, 2.75) is 113 Å². The quantitative estimate of drug-likeness (QED) is 0.197. The Balaban J connectivity index is 1.49. The van der Waals surface area contributed by atoms with E-state index in [1.54, 1.807) is 19.1 Å². The Bertz CT molecular complexity index is 1840. The van der Waals surface area contributed by atoms with Gasteiger partial charge in [-0.15, -0.1) is 0 Å². The zero-order chi connectivity index (χ0) is 40.7. The van der Waals surface area contributed by atoms with Crippen LogP contribution in [-0.4, -0.2) is 96.6 Å². The van der Waals surface area contributed by atoms with Gasteiger partial charge < -0.3 is 25.0 Å². The molecule has 5 rings (SSSR count). The molecule has 0 radical (unpaired) electrons. The van der Waals surface area contributed by atoms with Gasteiger partial charge in [-0.25, -0.2) is 26.8 Å². The summed E-state index contributed by atoms with van der Waals surface area (Å²) < 4.78 is 105. The summed E-state index contributed by atoms with van der Waals surface area (Å²) >= 11 is 0. The van der Waals surface area contributed by atoms with Crippen LogP contribution in [0.15, 0.2) is 36.4 Å². The van der Waals surface area contributed by atoms with Crippen molar-refractivity contribution in [1.82, 2.24) is 20.3 Å². The molecule has 2 saturated carbocycles. The molecule has 13 nitrogen and oxygen atoms in total. The van der Waals surface area contributed by atoms with Crippen LogP contribution in [0.1, 0.15) is 83.0 Å². The maximum absolute atomic E-state index is 14.5. The number of rotatable bonds is 8. The Morgan fingerprint density at radius 1 is 1.09 bits per heavy atom. The molecule has 4 aliphatic rings. The third kappa shape index (κ3) is 8.91. The number of nitrogens with one attached hydrogen (secondary N) is 3. The van der Waals surface area contributed by atoms with Crippen molar-refractivity contribution in [1.29, 1.82) is 0 Å². The fourth-order valence-electron chi connectivity index (χ4n) is 7.03. The van der Waals surface area contributed by atoms with Crippen molar-refractivity contribution >= 4 is 39.8 Å². The van der Waals surface area contributed by atoms with E-state index in [0.717, 1.165) is 17.0 Å². The first-order chi connectivity index (χ1) is 25.5. The molecule has 1 saturated heterocycles. The summed E-state index contributed by atoms with van der Waals surface area (Å²) in [5, 5.41) is 4.86. The van der Waals surface area contributed by atoms with Crippen LogP contribution in [0.4, 0.5) is 26.7 Å². The Kier molecular flexibility index (Phi) is 11.7. The minimum absolute atomic E-state index is 0.00324. The Hall–Kier alpha value is -4.29. The minimum atomic E-state index is -4.96. The van der Waals surface area contributed by atoms with E-state index < -0.39 is 111 Å². The fourth-order valence-corrected chi connectivity index (χ4v) is 8.46. The van der Waals surface area contributed by atoms with Gasteiger partial charge in [0.2, 0.25) is 27.4 Å². The molecule has 2 aliphatic carbocycles. The van der Waals surface area contributed by atoms with Crippen LogP contribution in [0.2, 0.25) is 0 Å². The lowest BCUT2D eigenvalue weighted by molar-refractivity contribution is -0.244. The Morgan fingerprint density at radius 3 is 2.40 bits per heavy atom. The van der Waals surface area contributed by atoms with Crippen LogP contribution < -0.4 is 15.4 Å². The van der Waals surface area contributed by atoms with Gasteiger partial charge in [0.1, 0.15) is 41.0 Å². The topological polar surface area (TPSA) is 177 Å². The van der Waals surface area contributed by atoms with Crippen molar-refractivity contribution in [2.24, 2.45) is 17.8 Å². The monoisotopic (exact) mass is 804 g/mol. The summed E-state index contributed by atoms with van der Waals surface area (Å²) in [5.41, 5.74) is -4.95. The molecule has 55 heavy (non-hydrogen) atoms. The minimum Gasteiger partial charge on any atom is -0.457 e. The number of nitrogens with zero attached hydrogens (tertiary/aromatic N) is 1. The van der Waals surface area contributed by atoms with E-state index in [1.807, 2.05) is 11.6 Å². The molecule has 304 valence electrons. The molecule has 7 atom stereocenters. The smallest absolute Gasteiger partial charge is 0.427 e. The van der Waals surface area contributed by atoms with Crippen LogP contribution in [0.3, 0.4) is 0 Å². The number of alkyl halides is 4. The molecule has 19 heteroatoms. The Morgan fingerprint density at radius 2 is 1.78 bits per heavy atom. The van der Waals surface area contributed by atoms with E-state index in [-0.39, 0.29) is 43.6 Å². The zero-order valence-electron chi connectivity index (χ0n) is 30.7. The number of allylic oxidation sites excluding steroid dienone is 1. The highest BCUT2D eigenvalue weighted by molar-refractivity contribution is 7.91. The number of ether oxygens (including phenoxy) is 2. The summed E-state index contributed by atoms with van der Waals surface area (Å²) in [6.07, 6.45) is -3.47. The molecule has 0 aromatic heterocycles. The van der Waals surface area contributed by atoms with Gasteiger partial charge >= 0.3 is 18.2 Å². The number of carbonyl (C=O) groups is 5. The molecule has 4 amide bonds. The molecule has 0 spiro atoms. The molecule has 2 heterocycles. The van der Waals surface area contributed by atoms with Crippen LogP contribution >= 0.6 is 0 Å². The van der Waals surface area contributed by atoms with Gasteiger partial charge in [-0.1, -0.05) is 32.1 Å². The molecule has 0 bridgehead atoms. The summed E-state index contributed by atoms with van der Waals surface area (Å²) in [7, 11) is -4.50. The van der Waals surface area contributed by atoms with Gasteiger partial charge in [-0.05, 0) is 82.4 Å². The molecule has 3 fully saturated rings. The molecule has 1 aromatic carbocycles. The maximum atomic E-state index is 14.5. The van der Waals surface area contributed by atoms with Crippen LogP contribution in [-0.2, 0) is 33.9 Å². The number of alkyl carbamates (subject to hydrolysis) is 1. The highest BCUT2D eigenvalue weighted by Gasteiger charge is 2.64. The molecule has 1 aromatic rings. The summed E-state index contributed by atoms with van der Waals surface area (Å²) in [4.78, 5) is 69.4. The highest BCUT2D eigenvalue weighted by Crippen LogP contribution is 2.48. The molecular formula is C36H45F5N4O9S. The average molecular weight is 805 g/mol. The first-order valence-electron chi connectivity index (χ1n) is 18.0. The number of sulfonamides is 1. The first kappa shape index (κ1) is 41.9. The first-order valence-corrected chi connectivity index (χ1v) is 19.5. The lowest BCUT2D eigenvalue weighted by Gasteiger charge is -2.34. The fraction of sp³-hybridized carbons (Fsp3) is 0.639. The number of esters is 1. The molecule has 3 N–H and O–H groups in total. The number of halogens is 5. The van der Waals surface area contributed by atoms with Gasteiger partial charge in [0.15, 0.2) is 0 Å². The second kappa shape index (κ2) is 15.3. The van der Waals surface area contributed by atoms with E-state index in [1.165, 1.54) is 12.1 Å². The van der Waals surface area contributed by atoms with E-state index in [9.17, 15) is 54.3 Å². The largest absolute Gasteiger partial charge is 0.457 e. The number of fused-ring (bicyclic) bond motifs is 2. The maximum Gasteiger partial charge on any atom is 0.427 e. The van der Waals surface area contributed by atoms with E-state index >= 15 is 0 Å². The predicted octanol–water partition coefficient (Wildman–Crippen LogP) is 4.22. The standard InChI is InChI=1S/C36H45F5N4O9S/c1-20-8-5-6-10-23-17-35(23,31(49)44-55(51,52)34(19-37)12-13-34)43-28(46)26-16-25(53-30(48)22-9-7-11-24(38)15-22)18-45(26)29(47)27(21(2)14-20)42-32(50)54-33(3,4)36(39,40)41/h6-7,9-11,15,20-21,23,25-27H,5,8,12-14,16-19H2,1-4H3,(H,42,50)(H,43,46)(H,44,49)/t20-,21-,23-,25-,26+,27+,35-/m1/s1. The Labute approximate surface area is 315 Å². The normalized spacial score (nSPS) is 29.7. The third-order valence-corrected chi connectivity index (χ3v) is 13.0. The third-order valence-electron chi connectivity index (χ3n) is 10.9. The summed E-state index contributed by atoms with van der Waals surface area (Å²) in [5.74, 6) is -6.30. The van der Waals surface area contributed by atoms with Crippen LogP contribution in [0.25, 0.3) is 0 Å². The highest BCUT2D eigenvalue weighted by atomic mass is 32.2. The SMILES string of the molecule is C[C@@H]1CCC=C[C@@H]2C[C@@]2(C(=O)NS(=O)(=O)C2(CF)CC2)NC(=O)[C@@H]2C[C@@H](OC(=O)c3cccc(F)c3)CN2C(=O)[C@@H](NC(=O)OC(C)(C)C(F)(F)F)[C@H](C)C1. The summed E-state index contributed by atoms with van der Waals surface area (Å²) in [6, 6.07) is 1.48. The van der Waals surface area contributed by atoms with E-state index in [4.69, 9.17) is 9.47 Å². The van der Waals surface area contributed by atoms with Crippen LogP contribution in [0, 0.1) is 23.6 Å². The summed E-state index contributed by atoms with van der Waals surface area (Å²) in [6.45, 7) is 3.03. The second-order valence-electron chi connectivity index (χ2n) is 15.6. The van der Waals surface area contributed by atoms with Gasteiger partial charge in [0.25, 0.3) is 5.91 Å². The average Bonchev–Trinajstić information content (AvgIpc) is 3.99. The van der Waals surface area contributed by atoms with Gasteiger partial charge in [0.05, 0.1) is 12.1 Å². The number of hydrogen-bond acceptors (Lipinski definition) is 9.